The normalized spacial score (nSPS) is 11.7. The molecular formula is C10H13N3O3S2. The van der Waals surface area contributed by atoms with E-state index in [9.17, 15) is 8.42 Å². The van der Waals surface area contributed by atoms with Gasteiger partial charge in [0.05, 0.1) is 12.2 Å². The van der Waals surface area contributed by atoms with Gasteiger partial charge in [0.15, 0.2) is 5.13 Å². The summed E-state index contributed by atoms with van der Waals surface area (Å²) in [4.78, 5) is 4.14. The van der Waals surface area contributed by atoms with Crippen LogP contribution in [0.5, 0.6) is 0 Å². The maximum atomic E-state index is 12.1. The molecule has 0 aliphatic heterocycles. The van der Waals surface area contributed by atoms with Crippen LogP contribution in [0.4, 0.5) is 5.13 Å². The molecule has 2 aromatic heterocycles. The number of aryl methyl sites for hydroxylation is 2. The fraction of sp³-hybridized carbons (Fsp3) is 0.300. The number of nitrogens with two attached hydrogens (primary N) is 1. The van der Waals surface area contributed by atoms with Gasteiger partial charge in [0.2, 0.25) is 0 Å². The molecule has 0 saturated carbocycles. The van der Waals surface area contributed by atoms with Crippen molar-refractivity contribution in [2.45, 2.75) is 25.3 Å². The third-order valence-corrected chi connectivity index (χ3v) is 4.71. The summed E-state index contributed by atoms with van der Waals surface area (Å²) in [5.41, 5.74) is 6.18. The molecule has 98 valence electrons. The predicted molar refractivity (Wildman–Crippen MR) is 69.0 cm³/mol. The van der Waals surface area contributed by atoms with Gasteiger partial charge in [-0.25, -0.2) is 13.4 Å². The molecule has 0 aliphatic carbocycles. The van der Waals surface area contributed by atoms with Crippen molar-refractivity contribution in [3.8, 4) is 0 Å². The summed E-state index contributed by atoms with van der Waals surface area (Å²) in [7, 11) is -3.67. The van der Waals surface area contributed by atoms with Crippen LogP contribution in [-0.2, 0) is 16.6 Å². The average Bonchev–Trinajstić information content (AvgIpc) is 2.84. The fourth-order valence-electron chi connectivity index (χ4n) is 1.46. The summed E-state index contributed by atoms with van der Waals surface area (Å²) >= 11 is 1.23. The van der Waals surface area contributed by atoms with Crippen molar-refractivity contribution < 1.29 is 12.8 Å². The number of thiazole rings is 1. The smallest absolute Gasteiger partial charge is 0.267 e. The topological polar surface area (TPSA) is 98.2 Å². The summed E-state index contributed by atoms with van der Waals surface area (Å²) < 4.78 is 31.9. The molecule has 8 heteroatoms. The van der Waals surface area contributed by atoms with Crippen molar-refractivity contribution in [1.82, 2.24) is 4.98 Å². The fourth-order valence-corrected chi connectivity index (χ4v) is 3.61. The van der Waals surface area contributed by atoms with Crippen LogP contribution < -0.4 is 10.5 Å². The Morgan fingerprint density at radius 1 is 1.50 bits per heavy atom. The number of nitrogens with one attached hydrogen (secondary N) is 1. The van der Waals surface area contributed by atoms with E-state index in [1.165, 1.54) is 17.4 Å². The van der Waals surface area contributed by atoms with Gasteiger partial charge < -0.3 is 10.2 Å². The van der Waals surface area contributed by atoms with E-state index in [-0.39, 0.29) is 11.4 Å². The van der Waals surface area contributed by atoms with E-state index in [1.54, 1.807) is 19.2 Å². The zero-order chi connectivity index (χ0) is 13.3. The van der Waals surface area contributed by atoms with Gasteiger partial charge in [0.1, 0.15) is 16.4 Å². The maximum Gasteiger partial charge on any atom is 0.267 e. The Balaban J connectivity index is 2.33. The first kappa shape index (κ1) is 13.1. The highest BCUT2D eigenvalue weighted by Gasteiger charge is 2.22. The van der Waals surface area contributed by atoms with Crippen LogP contribution >= 0.6 is 11.3 Å². The van der Waals surface area contributed by atoms with E-state index in [2.05, 4.69) is 9.71 Å². The molecule has 2 aromatic rings. The highest BCUT2D eigenvalue weighted by atomic mass is 32.2. The Morgan fingerprint density at radius 2 is 2.22 bits per heavy atom. The zero-order valence-corrected chi connectivity index (χ0v) is 11.6. The Hall–Kier alpha value is -1.38. The Bertz CT molecular complexity index is 658. The van der Waals surface area contributed by atoms with Crippen LogP contribution in [0.25, 0.3) is 0 Å². The minimum absolute atomic E-state index is 0.0933. The number of hydrogen-bond acceptors (Lipinski definition) is 6. The second kappa shape index (κ2) is 4.71. The van der Waals surface area contributed by atoms with Crippen molar-refractivity contribution in [3.63, 3.8) is 0 Å². The first-order valence-corrected chi connectivity index (χ1v) is 7.53. The lowest BCUT2D eigenvalue weighted by molar-refractivity contribution is 0.479. The quantitative estimate of drug-likeness (QED) is 0.890. The van der Waals surface area contributed by atoms with E-state index in [4.69, 9.17) is 10.2 Å². The van der Waals surface area contributed by atoms with Crippen molar-refractivity contribution in [1.29, 1.82) is 0 Å². The van der Waals surface area contributed by atoms with Crippen molar-refractivity contribution >= 4 is 26.5 Å². The summed E-state index contributed by atoms with van der Waals surface area (Å²) in [6.07, 6.45) is 0. The Morgan fingerprint density at radius 3 is 2.72 bits per heavy atom. The molecule has 0 unspecified atom stereocenters. The van der Waals surface area contributed by atoms with Crippen LogP contribution in [0.2, 0.25) is 0 Å². The van der Waals surface area contributed by atoms with Crippen molar-refractivity contribution in [2.75, 3.05) is 4.72 Å². The van der Waals surface area contributed by atoms with Gasteiger partial charge in [-0.3, -0.25) is 4.72 Å². The molecule has 3 N–H and O–H groups in total. The zero-order valence-electron chi connectivity index (χ0n) is 9.93. The number of anilines is 1. The predicted octanol–water partition coefficient (Wildman–Crippen LogP) is 1.61. The summed E-state index contributed by atoms with van der Waals surface area (Å²) in [6, 6.07) is 1.43. The second-order valence-electron chi connectivity index (χ2n) is 3.74. The van der Waals surface area contributed by atoms with E-state index >= 15 is 0 Å². The number of furan rings is 1. The molecule has 0 bridgehead atoms. The lowest BCUT2D eigenvalue weighted by Gasteiger charge is -2.02. The first-order valence-electron chi connectivity index (χ1n) is 5.16. The van der Waals surface area contributed by atoms with Gasteiger partial charge in [-0.1, -0.05) is 0 Å². The third kappa shape index (κ3) is 2.55. The van der Waals surface area contributed by atoms with Gasteiger partial charge in [-0.2, -0.15) is 0 Å². The molecule has 0 fully saturated rings. The molecule has 0 amide bonds. The average molecular weight is 287 g/mol. The molecule has 2 heterocycles. The van der Waals surface area contributed by atoms with Gasteiger partial charge >= 0.3 is 0 Å². The number of sulfonamides is 1. The lowest BCUT2D eigenvalue weighted by Crippen LogP contribution is -2.13. The maximum absolute atomic E-state index is 12.1. The molecule has 0 aliphatic rings. The van der Waals surface area contributed by atoms with E-state index in [0.717, 1.165) is 5.69 Å². The lowest BCUT2D eigenvalue weighted by atomic mass is 10.4. The Kier molecular flexibility index (Phi) is 3.42. The highest BCUT2D eigenvalue weighted by molar-refractivity contribution is 7.93. The van der Waals surface area contributed by atoms with E-state index in [0.29, 0.717) is 16.7 Å². The van der Waals surface area contributed by atoms with Gasteiger partial charge in [0.25, 0.3) is 10.0 Å². The number of rotatable bonds is 4. The van der Waals surface area contributed by atoms with Gasteiger partial charge in [-0.05, 0) is 13.8 Å². The second-order valence-corrected chi connectivity index (χ2v) is 6.25. The van der Waals surface area contributed by atoms with Crippen LogP contribution in [0.3, 0.4) is 0 Å². The third-order valence-electron chi connectivity index (χ3n) is 2.25. The molecule has 0 aromatic carbocycles. The molecule has 18 heavy (non-hydrogen) atoms. The molecule has 2 rings (SSSR count). The standard InChI is InChI=1S/C10H13N3O3S2/c1-6-5-17-10(12-6)13-18(14,15)9-3-8(4-11)16-7(9)2/h3,5H,4,11H2,1-2H3,(H,12,13). The molecular weight excluding hydrogens is 274 g/mol. The summed E-state index contributed by atoms with van der Waals surface area (Å²) in [6.45, 7) is 3.54. The molecule has 0 radical (unpaired) electrons. The minimum atomic E-state index is -3.67. The van der Waals surface area contributed by atoms with Crippen LogP contribution in [0, 0.1) is 13.8 Å². The monoisotopic (exact) mass is 287 g/mol. The summed E-state index contributed by atoms with van der Waals surface area (Å²) in [5.74, 6) is 0.749. The number of nitrogens with zero attached hydrogens (tertiary/aromatic N) is 1. The Labute approximate surface area is 109 Å². The van der Waals surface area contributed by atoms with E-state index in [1.807, 2.05) is 0 Å². The van der Waals surface area contributed by atoms with E-state index < -0.39 is 10.0 Å². The number of hydrogen-bond donors (Lipinski definition) is 2. The van der Waals surface area contributed by atoms with Crippen LogP contribution in [0.1, 0.15) is 17.2 Å². The SMILES string of the molecule is Cc1csc(NS(=O)(=O)c2cc(CN)oc2C)n1. The summed E-state index contributed by atoms with van der Waals surface area (Å²) in [5, 5.41) is 2.10. The largest absolute Gasteiger partial charge is 0.464 e. The number of aromatic nitrogens is 1. The molecule has 6 nitrogen and oxygen atoms in total. The van der Waals surface area contributed by atoms with Crippen molar-refractivity contribution in [3.05, 3.63) is 28.7 Å². The van der Waals surface area contributed by atoms with Crippen LogP contribution in [0.15, 0.2) is 20.8 Å². The first-order chi connectivity index (χ1) is 8.42. The minimum Gasteiger partial charge on any atom is -0.464 e. The molecule has 0 atom stereocenters. The van der Waals surface area contributed by atoms with Crippen molar-refractivity contribution in [2.24, 2.45) is 5.73 Å². The van der Waals surface area contributed by atoms with Gasteiger partial charge in [0, 0.05) is 11.4 Å². The van der Waals surface area contributed by atoms with Crippen LogP contribution in [-0.4, -0.2) is 13.4 Å². The molecule has 0 saturated heterocycles. The highest BCUT2D eigenvalue weighted by Crippen LogP contribution is 2.24. The van der Waals surface area contributed by atoms with Gasteiger partial charge in [-0.15, -0.1) is 11.3 Å². The molecule has 0 spiro atoms.